The Morgan fingerprint density at radius 1 is 1.59 bits per heavy atom. The third-order valence-electron chi connectivity index (χ3n) is 2.00. The molecule has 1 aromatic heterocycles. The van der Waals surface area contributed by atoms with Crippen LogP contribution in [-0.4, -0.2) is 38.6 Å². The highest BCUT2D eigenvalue weighted by Crippen LogP contribution is 2.21. The van der Waals surface area contributed by atoms with Gasteiger partial charge in [0, 0.05) is 28.3 Å². The predicted octanol–water partition coefficient (Wildman–Crippen LogP) is 1.45. The molecule has 17 heavy (non-hydrogen) atoms. The van der Waals surface area contributed by atoms with Crippen molar-refractivity contribution in [3.63, 3.8) is 0 Å². The second kappa shape index (κ2) is 5.94. The number of carbonyl (C=O) groups excluding carboxylic acids is 1. The number of ether oxygens (including phenoxy) is 1. The third-order valence-corrected chi connectivity index (χ3v) is 5.36. The Labute approximate surface area is 113 Å². The summed E-state index contributed by atoms with van der Waals surface area (Å²) in [6.07, 6.45) is 0. The predicted molar refractivity (Wildman–Crippen MR) is 69.3 cm³/mol. The van der Waals surface area contributed by atoms with Crippen molar-refractivity contribution in [1.29, 1.82) is 0 Å². The van der Waals surface area contributed by atoms with Crippen LogP contribution >= 0.6 is 27.3 Å². The average molecular weight is 342 g/mol. The standard InChI is InChI=1S/C9H12BrNO4S2/c1-11(4-8-3-7(10)5-16-8)17(13,14)6-9(12)15-2/h3,5H,4,6H2,1-2H3. The Bertz CT molecular complexity index is 497. The number of esters is 1. The largest absolute Gasteiger partial charge is 0.468 e. The van der Waals surface area contributed by atoms with E-state index in [-0.39, 0.29) is 6.54 Å². The maximum atomic E-state index is 11.7. The molecule has 0 atom stereocenters. The molecule has 0 saturated carbocycles. The number of sulfonamides is 1. The van der Waals surface area contributed by atoms with Gasteiger partial charge in [-0.25, -0.2) is 8.42 Å². The van der Waals surface area contributed by atoms with E-state index in [1.807, 2.05) is 11.4 Å². The number of hydrogen-bond acceptors (Lipinski definition) is 5. The number of halogens is 1. The molecule has 5 nitrogen and oxygen atoms in total. The van der Waals surface area contributed by atoms with Gasteiger partial charge in [-0.15, -0.1) is 11.3 Å². The van der Waals surface area contributed by atoms with E-state index in [9.17, 15) is 13.2 Å². The van der Waals surface area contributed by atoms with Gasteiger partial charge >= 0.3 is 5.97 Å². The number of rotatable bonds is 5. The number of nitrogens with zero attached hydrogens (tertiary/aromatic N) is 1. The van der Waals surface area contributed by atoms with Crippen LogP contribution in [0.5, 0.6) is 0 Å². The van der Waals surface area contributed by atoms with Crippen LogP contribution in [0.1, 0.15) is 4.88 Å². The van der Waals surface area contributed by atoms with Crippen LogP contribution < -0.4 is 0 Å². The van der Waals surface area contributed by atoms with E-state index in [1.165, 1.54) is 18.4 Å². The molecule has 0 aliphatic rings. The van der Waals surface area contributed by atoms with Gasteiger partial charge < -0.3 is 4.74 Å². The summed E-state index contributed by atoms with van der Waals surface area (Å²) in [6.45, 7) is 0.246. The van der Waals surface area contributed by atoms with Gasteiger partial charge in [-0.2, -0.15) is 4.31 Å². The SMILES string of the molecule is COC(=O)CS(=O)(=O)N(C)Cc1cc(Br)cs1. The zero-order valence-electron chi connectivity index (χ0n) is 9.34. The summed E-state index contributed by atoms with van der Waals surface area (Å²) in [5.41, 5.74) is 0. The summed E-state index contributed by atoms with van der Waals surface area (Å²) in [6, 6.07) is 1.84. The third kappa shape index (κ3) is 4.38. The summed E-state index contributed by atoms with van der Waals surface area (Å²) < 4.78 is 29.9. The molecule has 0 N–H and O–H groups in total. The summed E-state index contributed by atoms with van der Waals surface area (Å²) in [5, 5.41) is 1.87. The van der Waals surface area contributed by atoms with Crippen LogP contribution in [0.2, 0.25) is 0 Å². The van der Waals surface area contributed by atoms with Crippen molar-refractivity contribution < 1.29 is 17.9 Å². The number of methoxy groups -OCH3 is 1. The fourth-order valence-corrected chi connectivity index (χ4v) is 3.63. The van der Waals surface area contributed by atoms with Gasteiger partial charge in [0.2, 0.25) is 10.0 Å². The van der Waals surface area contributed by atoms with Crippen molar-refractivity contribution in [2.45, 2.75) is 6.54 Å². The van der Waals surface area contributed by atoms with E-state index in [2.05, 4.69) is 20.7 Å². The van der Waals surface area contributed by atoms with E-state index in [0.717, 1.165) is 20.8 Å². The van der Waals surface area contributed by atoms with Gasteiger partial charge in [0.25, 0.3) is 0 Å². The molecule has 0 spiro atoms. The zero-order valence-corrected chi connectivity index (χ0v) is 12.6. The molecular formula is C9H12BrNO4S2. The molecule has 1 rings (SSSR count). The van der Waals surface area contributed by atoms with Gasteiger partial charge in [0.15, 0.2) is 5.75 Å². The van der Waals surface area contributed by atoms with E-state index < -0.39 is 21.7 Å². The second-order valence-corrected chi connectivity index (χ2v) is 7.31. The maximum Gasteiger partial charge on any atom is 0.322 e. The number of hydrogen-bond donors (Lipinski definition) is 0. The normalized spacial score (nSPS) is 11.8. The van der Waals surface area contributed by atoms with E-state index in [1.54, 1.807) is 0 Å². The van der Waals surface area contributed by atoms with Crippen molar-refractivity contribution in [3.8, 4) is 0 Å². The van der Waals surface area contributed by atoms with Gasteiger partial charge in [-0.05, 0) is 22.0 Å². The molecule has 0 saturated heterocycles. The summed E-state index contributed by atoms with van der Waals surface area (Å²) in [5.74, 6) is -1.39. The first-order valence-electron chi connectivity index (χ1n) is 4.59. The van der Waals surface area contributed by atoms with E-state index >= 15 is 0 Å². The minimum Gasteiger partial charge on any atom is -0.468 e. The van der Waals surface area contributed by atoms with E-state index in [4.69, 9.17) is 0 Å². The van der Waals surface area contributed by atoms with Gasteiger partial charge in [0.1, 0.15) is 0 Å². The Balaban J connectivity index is 2.69. The molecule has 0 radical (unpaired) electrons. The number of carbonyl (C=O) groups is 1. The minimum absolute atomic E-state index is 0.246. The minimum atomic E-state index is -3.61. The highest BCUT2D eigenvalue weighted by molar-refractivity contribution is 9.10. The van der Waals surface area contributed by atoms with Crippen LogP contribution in [0.3, 0.4) is 0 Å². The molecule has 1 heterocycles. The lowest BCUT2D eigenvalue weighted by atomic mass is 10.5. The van der Waals surface area contributed by atoms with Crippen LogP contribution in [0.25, 0.3) is 0 Å². The Morgan fingerprint density at radius 2 is 2.24 bits per heavy atom. The molecule has 0 aliphatic carbocycles. The smallest absolute Gasteiger partial charge is 0.322 e. The number of thiophene rings is 1. The fourth-order valence-electron chi connectivity index (χ4n) is 1.07. The Morgan fingerprint density at radius 3 is 2.71 bits per heavy atom. The second-order valence-electron chi connectivity index (χ2n) is 3.32. The van der Waals surface area contributed by atoms with Crippen molar-refractivity contribution >= 4 is 43.3 Å². The van der Waals surface area contributed by atoms with Crippen molar-refractivity contribution in [1.82, 2.24) is 4.31 Å². The van der Waals surface area contributed by atoms with Gasteiger partial charge in [-0.1, -0.05) is 0 Å². The van der Waals surface area contributed by atoms with Crippen LogP contribution in [0.15, 0.2) is 15.9 Å². The zero-order chi connectivity index (χ0) is 13.1. The molecule has 0 aromatic carbocycles. The van der Waals surface area contributed by atoms with E-state index in [0.29, 0.717) is 0 Å². The molecule has 0 aliphatic heterocycles. The summed E-state index contributed by atoms with van der Waals surface area (Å²) in [7, 11) is -1.01. The molecule has 0 fully saturated rings. The molecule has 0 unspecified atom stereocenters. The highest BCUT2D eigenvalue weighted by Gasteiger charge is 2.22. The topological polar surface area (TPSA) is 63.7 Å². The molecule has 0 amide bonds. The van der Waals surface area contributed by atoms with Gasteiger partial charge in [0.05, 0.1) is 7.11 Å². The lowest BCUT2D eigenvalue weighted by Gasteiger charge is -2.15. The van der Waals surface area contributed by atoms with Crippen molar-refractivity contribution in [2.24, 2.45) is 0 Å². The van der Waals surface area contributed by atoms with Crippen LogP contribution in [0, 0.1) is 0 Å². The molecule has 0 bridgehead atoms. The molecule has 96 valence electrons. The maximum absolute atomic E-state index is 11.7. The first-order chi connectivity index (χ1) is 7.85. The molecule has 8 heteroatoms. The quantitative estimate of drug-likeness (QED) is 0.760. The fraction of sp³-hybridized carbons (Fsp3) is 0.444. The molecule has 1 aromatic rings. The highest BCUT2D eigenvalue weighted by atomic mass is 79.9. The lowest BCUT2D eigenvalue weighted by molar-refractivity contribution is -0.137. The monoisotopic (exact) mass is 341 g/mol. The summed E-state index contributed by atoms with van der Waals surface area (Å²) in [4.78, 5) is 11.9. The van der Waals surface area contributed by atoms with Crippen LogP contribution in [-0.2, 0) is 26.1 Å². The van der Waals surface area contributed by atoms with Crippen LogP contribution in [0.4, 0.5) is 0 Å². The Hall–Kier alpha value is -0.440. The van der Waals surface area contributed by atoms with Crippen molar-refractivity contribution in [3.05, 3.63) is 20.8 Å². The molecular weight excluding hydrogens is 330 g/mol. The summed E-state index contributed by atoms with van der Waals surface area (Å²) >= 11 is 4.74. The first-order valence-corrected chi connectivity index (χ1v) is 7.87. The Kier molecular flexibility index (Phi) is 5.11. The van der Waals surface area contributed by atoms with Gasteiger partial charge in [-0.3, -0.25) is 4.79 Å². The van der Waals surface area contributed by atoms with Crippen molar-refractivity contribution in [2.75, 3.05) is 19.9 Å². The first kappa shape index (κ1) is 14.6. The average Bonchev–Trinajstić information content (AvgIpc) is 2.63. The lowest BCUT2D eigenvalue weighted by Crippen LogP contribution is -2.32.